The number of nitrogens with one attached hydrogen (secondary N) is 1. The molecule has 3 rings (SSSR count). The third-order valence-electron chi connectivity index (χ3n) is 3.41. The van der Waals surface area contributed by atoms with Crippen LogP contribution in [0, 0.1) is 0 Å². The first-order valence-corrected chi connectivity index (χ1v) is 8.56. The van der Waals surface area contributed by atoms with Gasteiger partial charge < -0.3 is 9.47 Å². The zero-order chi connectivity index (χ0) is 17.8. The summed E-state index contributed by atoms with van der Waals surface area (Å²) in [6.07, 6.45) is 3.07. The standard InChI is InChI=1S/C18H15ClN2O3S/c1-23-14-10-11(9-12(19)17(14)24-2)7-8-16(22)21-18-20-13-5-3-4-6-15(13)25-18/h3-10H,1-2H3,(H,20,21,22)/b8-7+. The van der Waals surface area contributed by atoms with Crippen molar-refractivity contribution in [3.63, 3.8) is 0 Å². The number of anilines is 1. The van der Waals surface area contributed by atoms with E-state index in [0.717, 1.165) is 15.8 Å². The number of benzene rings is 2. The Labute approximate surface area is 153 Å². The first kappa shape index (κ1) is 17.3. The summed E-state index contributed by atoms with van der Waals surface area (Å²) in [6, 6.07) is 11.2. The smallest absolute Gasteiger partial charge is 0.250 e. The van der Waals surface area contributed by atoms with Gasteiger partial charge in [-0.05, 0) is 35.9 Å². The Morgan fingerprint density at radius 3 is 2.76 bits per heavy atom. The topological polar surface area (TPSA) is 60.5 Å². The largest absolute Gasteiger partial charge is 0.493 e. The number of thiazole rings is 1. The maximum atomic E-state index is 12.1. The number of carbonyl (C=O) groups is 1. The lowest BCUT2D eigenvalue weighted by Crippen LogP contribution is -2.07. The molecule has 0 saturated carbocycles. The predicted molar refractivity (Wildman–Crippen MR) is 102 cm³/mol. The summed E-state index contributed by atoms with van der Waals surface area (Å²) in [5, 5.41) is 3.73. The molecule has 2 aromatic carbocycles. The average molecular weight is 375 g/mol. The van der Waals surface area contributed by atoms with E-state index < -0.39 is 0 Å². The molecule has 0 unspecified atom stereocenters. The van der Waals surface area contributed by atoms with Crippen LogP contribution in [0.25, 0.3) is 16.3 Å². The Hall–Kier alpha value is -2.57. The number of methoxy groups -OCH3 is 2. The normalized spacial score (nSPS) is 11.0. The summed E-state index contributed by atoms with van der Waals surface area (Å²) in [6.45, 7) is 0. The molecule has 3 aromatic rings. The van der Waals surface area contributed by atoms with Gasteiger partial charge in [0.15, 0.2) is 16.6 Å². The van der Waals surface area contributed by atoms with E-state index in [1.54, 1.807) is 18.2 Å². The quantitative estimate of drug-likeness (QED) is 0.662. The summed E-state index contributed by atoms with van der Waals surface area (Å²) >= 11 is 7.58. The minimum atomic E-state index is -0.273. The molecule has 5 nitrogen and oxygen atoms in total. The van der Waals surface area contributed by atoms with Crippen molar-refractivity contribution in [3.05, 3.63) is 53.1 Å². The molecule has 25 heavy (non-hydrogen) atoms. The molecule has 0 aliphatic heterocycles. The molecule has 1 heterocycles. The van der Waals surface area contributed by atoms with E-state index in [9.17, 15) is 4.79 Å². The highest BCUT2D eigenvalue weighted by Gasteiger charge is 2.10. The number of hydrogen-bond donors (Lipinski definition) is 1. The van der Waals surface area contributed by atoms with Crippen LogP contribution >= 0.6 is 22.9 Å². The maximum Gasteiger partial charge on any atom is 0.250 e. The summed E-state index contributed by atoms with van der Waals surface area (Å²) in [5.74, 6) is 0.687. The second-order valence-corrected chi connectivity index (χ2v) is 6.49. The molecule has 128 valence electrons. The number of hydrogen-bond acceptors (Lipinski definition) is 5. The van der Waals surface area contributed by atoms with Gasteiger partial charge in [-0.3, -0.25) is 10.1 Å². The van der Waals surface area contributed by atoms with Gasteiger partial charge in [0.05, 0.1) is 29.5 Å². The fourth-order valence-corrected chi connectivity index (χ4v) is 3.44. The molecule has 0 aliphatic carbocycles. The van der Waals surface area contributed by atoms with Crippen molar-refractivity contribution in [1.29, 1.82) is 0 Å². The minimum Gasteiger partial charge on any atom is -0.493 e. The summed E-state index contributed by atoms with van der Waals surface area (Å²) in [7, 11) is 3.05. The van der Waals surface area contributed by atoms with E-state index in [4.69, 9.17) is 21.1 Å². The van der Waals surface area contributed by atoms with Crippen LogP contribution in [0.15, 0.2) is 42.5 Å². The molecular formula is C18H15ClN2O3S. The molecule has 0 spiro atoms. The van der Waals surface area contributed by atoms with Crippen molar-refractivity contribution in [2.45, 2.75) is 0 Å². The number of fused-ring (bicyclic) bond motifs is 1. The fraction of sp³-hybridized carbons (Fsp3) is 0.111. The number of rotatable bonds is 5. The van der Waals surface area contributed by atoms with Gasteiger partial charge in [-0.2, -0.15) is 0 Å². The predicted octanol–water partition coefficient (Wildman–Crippen LogP) is 4.62. The lowest BCUT2D eigenvalue weighted by Gasteiger charge is -2.10. The second-order valence-electron chi connectivity index (χ2n) is 5.05. The van der Waals surface area contributed by atoms with E-state index in [2.05, 4.69) is 10.3 Å². The highest BCUT2D eigenvalue weighted by Crippen LogP contribution is 2.36. The van der Waals surface area contributed by atoms with Crippen molar-refractivity contribution >= 4 is 50.3 Å². The number of nitrogens with zero attached hydrogens (tertiary/aromatic N) is 1. The third kappa shape index (κ3) is 3.92. The second kappa shape index (κ2) is 7.55. The first-order chi connectivity index (χ1) is 12.1. The lowest BCUT2D eigenvalue weighted by molar-refractivity contribution is -0.111. The van der Waals surface area contributed by atoms with Crippen LogP contribution in [-0.4, -0.2) is 25.1 Å². The van der Waals surface area contributed by atoms with E-state index in [-0.39, 0.29) is 5.91 Å². The lowest BCUT2D eigenvalue weighted by atomic mass is 10.2. The van der Waals surface area contributed by atoms with Gasteiger partial charge in [0.25, 0.3) is 0 Å². The molecule has 1 aromatic heterocycles. The molecule has 0 bridgehead atoms. The molecule has 0 fully saturated rings. The van der Waals surface area contributed by atoms with Gasteiger partial charge in [-0.25, -0.2) is 4.98 Å². The Bertz CT molecular complexity index is 920. The van der Waals surface area contributed by atoms with Crippen LogP contribution in [0.2, 0.25) is 5.02 Å². The zero-order valence-corrected chi connectivity index (χ0v) is 15.1. The third-order valence-corrected chi connectivity index (χ3v) is 4.64. The molecule has 0 aliphatic rings. The fourth-order valence-electron chi connectivity index (χ4n) is 2.28. The van der Waals surface area contributed by atoms with Gasteiger partial charge in [0.1, 0.15) is 0 Å². The van der Waals surface area contributed by atoms with E-state index >= 15 is 0 Å². The van der Waals surface area contributed by atoms with Gasteiger partial charge in [0, 0.05) is 6.08 Å². The highest BCUT2D eigenvalue weighted by atomic mass is 35.5. The molecule has 7 heteroatoms. The number of ether oxygens (including phenoxy) is 2. The minimum absolute atomic E-state index is 0.273. The van der Waals surface area contributed by atoms with Crippen LogP contribution in [0.3, 0.4) is 0 Å². The van der Waals surface area contributed by atoms with Gasteiger partial charge in [0.2, 0.25) is 5.91 Å². The van der Waals surface area contributed by atoms with Crippen LogP contribution in [0.1, 0.15) is 5.56 Å². The summed E-state index contributed by atoms with van der Waals surface area (Å²) in [5.41, 5.74) is 1.58. The average Bonchev–Trinajstić information content (AvgIpc) is 3.01. The number of para-hydroxylation sites is 1. The van der Waals surface area contributed by atoms with Gasteiger partial charge in [-0.15, -0.1) is 0 Å². The van der Waals surface area contributed by atoms with E-state index in [1.807, 2.05) is 24.3 Å². The van der Waals surface area contributed by atoms with E-state index in [1.165, 1.54) is 31.6 Å². The molecule has 1 amide bonds. The molecule has 0 radical (unpaired) electrons. The van der Waals surface area contributed by atoms with E-state index in [0.29, 0.717) is 21.7 Å². The SMILES string of the molecule is COc1cc(/C=C/C(=O)Nc2nc3ccccc3s2)cc(Cl)c1OC. The molecule has 0 atom stereocenters. The van der Waals surface area contributed by atoms with Gasteiger partial charge >= 0.3 is 0 Å². The molecule has 0 saturated heterocycles. The Kier molecular flexibility index (Phi) is 5.21. The highest BCUT2D eigenvalue weighted by molar-refractivity contribution is 7.22. The monoisotopic (exact) mass is 374 g/mol. The maximum absolute atomic E-state index is 12.1. The van der Waals surface area contributed by atoms with Crippen molar-refractivity contribution < 1.29 is 14.3 Å². The van der Waals surface area contributed by atoms with Crippen molar-refractivity contribution in [2.24, 2.45) is 0 Å². The van der Waals surface area contributed by atoms with Crippen LogP contribution in [-0.2, 0) is 4.79 Å². The van der Waals surface area contributed by atoms with Gasteiger partial charge in [-0.1, -0.05) is 35.1 Å². The summed E-state index contributed by atoms with van der Waals surface area (Å²) < 4.78 is 11.5. The molecule has 1 N–H and O–H groups in total. The van der Waals surface area contributed by atoms with Crippen LogP contribution < -0.4 is 14.8 Å². The Balaban J connectivity index is 1.75. The Morgan fingerprint density at radius 2 is 2.04 bits per heavy atom. The number of halogens is 1. The Morgan fingerprint density at radius 1 is 1.24 bits per heavy atom. The van der Waals surface area contributed by atoms with Crippen molar-refractivity contribution in [3.8, 4) is 11.5 Å². The van der Waals surface area contributed by atoms with Crippen molar-refractivity contribution in [2.75, 3.05) is 19.5 Å². The molecular weight excluding hydrogens is 360 g/mol. The number of carbonyl (C=O) groups excluding carboxylic acids is 1. The van der Waals surface area contributed by atoms with Crippen molar-refractivity contribution in [1.82, 2.24) is 4.98 Å². The first-order valence-electron chi connectivity index (χ1n) is 7.37. The van der Waals surface area contributed by atoms with Crippen LogP contribution in [0.4, 0.5) is 5.13 Å². The summed E-state index contributed by atoms with van der Waals surface area (Å²) in [4.78, 5) is 16.5. The number of amides is 1. The van der Waals surface area contributed by atoms with Crippen LogP contribution in [0.5, 0.6) is 11.5 Å². The zero-order valence-electron chi connectivity index (χ0n) is 13.6. The number of aromatic nitrogens is 1.